The van der Waals surface area contributed by atoms with Crippen LogP contribution in [-0.4, -0.2) is 23.7 Å². The van der Waals surface area contributed by atoms with Gasteiger partial charge in [-0.3, -0.25) is 0 Å². The first kappa shape index (κ1) is 17.3. The molecular formula is C22H21NO4. The fourth-order valence-corrected chi connectivity index (χ4v) is 3.96. The Kier molecular flexibility index (Phi) is 4.22. The molecule has 27 heavy (non-hydrogen) atoms. The predicted octanol–water partition coefficient (Wildman–Crippen LogP) is 4.32. The van der Waals surface area contributed by atoms with Crippen LogP contribution in [0.25, 0.3) is 21.9 Å². The van der Waals surface area contributed by atoms with Crippen LogP contribution in [-0.2, 0) is 6.42 Å². The Labute approximate surface area is 156 Å². The van der Waals surface area contributed by atoms with Gasteiger partial charge < -0.3 is 14.4 Å². The van der Waals surface area contributed by atoms with Crippen molar-refractivity contribution in [2.45, 2.75) is 32.7 Å². The second-order valence-corrected chi connectivity index (χ2v) is 7.18. The van der Waals surface area contributed by atoms with E-state index in [9.17, 15) is 14.7 Å². The maximum absolute atomic E-state index is 12.2. The molecule has 0 spiro atoms. The highest BCUT2D eigenvalue weighted by atomic mass is 16.4. The van der Waals surface area contributed by atoms with Gasteiger partial charge in [-0.05, 0) is 56.0 Å². The van der Waals surface area contributed by atoms with Crippen molar-refractivity contribution in [2.24, 2.45) is 0 Å². The standard InChI is InChI=1S/C22H21NO4/c1-13(2)23-11-5-6-14-12-15(9-10-18(14)23)19-16-7-3-4-8-17(16)22(26)27-20(19)21(24)25/h3-4,7-10,12-13H,5-6,11H2,1-2H3,(H,24,25). The number of hydrogen-bond donors (Lipinski definition) is 1. The normalized spacial score (nSPS) is 13.8. The third kappa shape index (κ3) is 2.89. The zero-order valence-electron chi connectivity index (χ0n) is 15.4. The highest BCUT2D eigenvalue weighted by Gasteiger charge is 2.24. The van der Waals surface area contributed by atoms with Crippen LogP contribution >= 0.6 is 0 Å². The molecule has 0 radical (unpaired) electrons. The number of carboxylic acids is 1. The molecular weight excluding hydrogens is 342 g/mol. The van der Waals surface area contributed by atoms with E-state index in [0.29, 0.717) is 22.4 Å². The summed E-state index contributed by atoms with van der Waals surface area (Å²) in [7, 11) is 0. The number of aromatic carboxylic acids is 1. The number of anilines is 1. The van der Waals surface area contributed by atoms with E-state index in [0.717, 1.165) is 24.9 Å². The predicted molar refractivity (Wildman–Crippen MR) is 106 cm³/mol. The Morgan fingerprint density at radius 1 is 1.15 bits per heavy atom. The minimum atomic E-state index is -1.24. The number of nitrogens with zero attached hydrogens (tertiary/aromatic N) is 1. The molecule has 0 amide bonds. The Bertz CT molecular complexity index is 1100. The summed E-state index contributed by atoms with van der Waals surface area (Å²) in [5.41, 5.74) is 2.98. The fraction of sp³-hybridized carbons (Fsp3) is 0.273. The minimum absolute atomic E-state index is 0.310. The zero-order chi connectivity index (χ0) is 19.1. The molecule has 5 heteroatoms. The lowest BCUT2D eigenvalue weighted by Gasteiger charge is -2.35. The molecule has 3 aromatic rings. The van der Waals surface area contributed by atoms with Gasteiger partial charge in [0, 0.05) is 29.2 Å². The van der Waals surface area contributed by atoms with Crippen molar-refractivity contribution in [3.05, 3.63) is 64.2 Å². The van der Waals surface area contributed by atoms with E-state index >= 15 is 0 Å². The van der Waals surface area contributed by atoms with E-state index in [1.54, 1.807) is 24.3 Å². The molecule has 1 aliphatic heterocycles. The Morgan fingerprint density at radius 3 is 2.59 bits per heavy atom. The second kappa shape index (κ2) is 6.58. The van der Waals surface area contributed by atoms with E-state index in [2.05, 4.69) is 24.8 Å². The monoisotopic (exact) mass is 363 g/mol. The number of carbonyl (C=O) groups is 1. The first-order chi connectivity index (χ1) is 13.0. The van der Waals surface area contributed by atoms with Crippen molar-refractivity contribution in [2.75, 3.05) is 11.4 Å². The van der Waals surface area contributed by atoms with Crippen LogP contribution in [0.5, 0.6) is 0 Å². The molecule has 0 bridgehead atoms. The van der Waals surface area contributed by atoms with Crippen LogP contribution in [0.4, 0.5) is 5.69 Å². The van der Waals surface area contributed by atoms with Crippen molar-refractivity contribution in [1.82, 2.24) is 0 Å². The van der Waals surface area contributed by atoms with E-state index in [1.165, 1.54) is 11.3 Å². The largest absolute Gasteiger partial charge is 0.475 e. The molecule has 0 atom stereocenters. The van der Waals surface area contributed by atoms with E-state index in [4.69, 9.17) is 4.42 Å². The topological polar surface area (TPSA) is 70.8 Å². The summed E-state index contributed by atoms with van der Waals surface area (Å²) in [6, 6.07) is 13.4. The van der Waals surface area contributed by atoms with Crippen molar-refractivity contribution in [3.8, 4) is 11.1 Å². The third-order valence-corrected chi connectivity index (χ3v) is 5.18. The number of aryl methyl sites for hydroxylation is 1. The maximum atomic E-state index is 12.2. The smallest absolute Gasteiger partial charge is 0.372 e. The third-order valence-electron chi connectivity index (χ3n) is 5.18. The molecule has 0 saturated heterocycles. The van der Waals surface area contributed by atoms with Crippen LogP contribution in [0.15, 0.2) is 51.7 Å². The maximum Gasteiger partial charge on any atom is 0.372 e. The van der Waals surface area contributed by atoms with Crippen molar-refractivity contribution >= 4 is 22.4 Å². The number of fused-ring (bicyclic) bond motifs is 2. The van der Waals surface area contributed by atoms with E-state index in [-0.39, 0.29) is 5.76 Å². The van der Waals surface area contributed by atoms with Gasteiger partial charge >= 0.3 is 11.6 Å². The van der Waals surface area contributed by atoms with Gasteiger partial charge in [-0.2, -0.15) is 0 Å². The molecule has 4 rings (SSSR count). The SMILES string of the molecule is CC(C)N1CCCc2cc(-c3c(C(=O)O)oc(=O)c4ccccc34)ccc21. The molecule has 1 aliphatic rings. The number of benzene rings is 2. The Morgan fingerprint density at radius 2 is 1.89 bits per heavy atom. The summed E-state index contributed by atoms with van der Waals surface area (Å²) in [6.07, 6.45) is 2.01. The quantitative estimate of drug-likeness (QED) is 0.750. The van der Waals surface area contributed by atoms with Crippen LogP contribution in [0.3, 0.4) is 0 Å². The summed E-state index contributed by atoms with van der Waals surface area (Å²) in [4.78, 5) is 26.3. The van der Waals surface area contributed by atoms with E-state index < -0.39 is 11.6 Å². The number of rotatable bonds is 3. The fourth-order valence-electron chi connectivity index (χ4n) is 3.96. The molecule has 1 aromatic heterocycles. The summed E-state index contributed by atoms with van der Waals surface area (Å²) >= 11 is 0. The Balaban J connectivity index is 1.98. The summed E-state index contributed by atoms with van der Waals surface area (Å²) in [6.45, 7) is 5.36. The summed E-state index contributed by atoms with van der Waals surface area (Å²) in [5, 5.41) is 10.6. The van der Waals surface area contributed by atoms with Crippen molar-refractivity contribution in [3.63, 3.8) is 0 Å². The van der Waals surface area contributed by atoms with Crippen LogP contribution in [0.2, 0.25) is 0 Å². The van der Waals surface area contributed by atoms with Gasteiger partial charge in [0.2, 0.25) is 5.76 Å². The molecule has 1 N–H and O–H groups in total. The number of hydrogen-bond acceptors (Lipinski definition) is 4. The average Bonchev–Trinajstić information content (AvgIpc) is 2.66. The lowest BCUT2D eigenvalue weighted by Crippen LogP contribution is -2.35. The average molecular weight is 363 g/mol. The molecule has 5 nitrogen and oxygen atoms in total. The summed E-state index contributed by atoms with van der Waals surface area (Å²) < 4.78 is 5.18. The van der Waals surface area contributed by atoms with Crippen LogP contribution < -0.4 is 10.5 Å². The van der Waals surface area contributed by atoms with Crippen LogP contribution in [0.1, 0.15) is 36.4 Å². The molecule has 2 aromatic carbocycles. The minimum Gasteiger partial charge on any atom is -0.475 e. The molecule has 0 saturated carbocycles. The van der Waals surface area contributed by atoms with E-state index in [1.807, 2.05) is 12.1 Å². The molecule has 138 valence electrons. The van der Waals surface area contributed by atoms with Crippen molar-refractivity contribution < 1.29 is 14.3 Å². The lowest BCUT2D eigenvalue weighted by molar-refractivity contribution is 0.0659. The molecule has 0 aliphatic carbocycles. The van der Waals surface area contributed by atoms with Crippen LogP contribution in [0, 0.1) is 0 Å². The van der Waals surface area contributed by atoms with Crippen molar-refractivity contribution in [1.29, 1.82) is 0 Å². The number of carboxylic acid groups (broad SMARTS) is 1. The van der Waals surface area contributed by atoms with Gasteiger partial charge in [0.15, 0.2) is 0 Å². The van der Waals surface area contributed by atoms with Gasteiger partial charge in [0.05, 0.1) is 5.39 Å². The summed E-state index contributed by atoms with van der Waals surface area (Å²) in [5.74, 6) is -1.55. The first-order valence-electron chi connectivity index (χ1n) is 9.16. The zero-order valence-corrected chi connectivity index (χ0v) is 15.4. The Hall–Kier alpha value is -3.08. The second-order valence-electron chi connectivity index (χ2n) is 7.18. The van der Waals surface area contributed by atoms with Gasteiger partial charge in [-0.25, -0.2) is 9.59 Å². The highest BCUT2D eigenvalue weighted by molar-refractivity contribution is 6.05. The molecule has 0 unspecified atom stereocenters. The highest BCUT2D eigenvalue weighted by Crippen LogP contribution is 2.36. The van der Waals surface area contributed by atoms with Gasteiger partial charge in [0.1, 0.15) is 0 Å². The van der Waals surface area contributed by atoms with Gasteiger partial charge in [-0.1, -0.05) is 24.3 Å². The molecule has 2 heterocycles. The lowest BCUT2D eigenvalue weighted by atomic mass is 9.93. The first-order valence-corrected chi connectivity index (χ1v) is 9.16. The van der Waals surface area contributed by atoms with Gasteiger partial charge in [-0.15, -0.1) is 0 Å². The molecule has 0 fully saturated rings. The van der Waals surface area contributed by atoms with Gasteiger partial charge in [0.25, 0.3) is 0 Å².